The Kier molecular flexibility index (Phi) is 17.2. The molecule has 2 aromatic carbocycles. The fourth-order valence-corrected chi connectivity index (χ4v) is 9.06. The molecule has 0 aromatic heterocycles. The summed E-state index contributed by atoms with van der Waals surface area (Å²) in [6.45, 7) is 14.9. The van der Waals surface area contributed by atoms with Crippen molar-refractivity contribution in [3.8, 4) is 0 Å². The van der Waals surface area contributed by atoms with Gasteiger partial charge in [-0.1, -0.05) is 25.0 Å². The van der Waals surface area contributed by atoms with Gasteiger partial charge < -0.3 is 25.8 Å². The number of allylic oxidation sites excluding steroid dienone is 4. The van der Waals surface area contributed by atoms with Crippen molar-refractivity contribution in [1.29, 1.82) is 0 Å². The Balaban J connectivity index is 1.39. The van der Waals surface area contributed by atoms with E-state index in [2.05, 4.69) is 109 Å². The monoisotopic (exact) mass is 876 g/mol. The van der Waals surface area contributed by atoms with Crippen molar-refractivity contribution in [3.63, 3.8) is 0 Å². The van der Waals surface area contributed by atoms with Gasteiger partial charge in [-0.25, -0.2) is 5.26 Å². The lowest BCUT2D eigenvalue weighted by Gasteiger charge is -2.30. The van der Waals surface area contributed by atoms with Crippen molar-refractivity contribution < 1.29 is 46.2 Å². The molecule has 0 saturated carbocycles. The van der Waals surface area contributed by atoms with E-state index in [0.29, 0.717) is 31.8 Å². The van der Waals surface area contributed by atoms with Crippen molar-refractivity contribution in [3.05, 3.63) is 71.5 Å². The Labute approximate surface area is 360 Å². The molecule has 0 fully saturated rings. The summed E-state index contributed by atoms with van der Waals surface area (Å²) in [5.74, 6) is 0.164. The number of carbonyl (C=O) groups is 2. The maximum atomic E-state index is 12.7. The number of fused-ring (bicyclic) bond motifs is 2. The predicted octanol–water partition coefficient (Wildman–Crippen LogP) is 5.90. The van der Waals surface area contributed by atoms with Gasteiger partial charge in [0.15, 0.2) is 5.71 Å². The van der Waals surface area contributed by atoms with Crippen LogP contribution in [-0.4, -0.2) is 110 Å². The first kappa shape index (κ1) is 48.4. The van der Waals surface area contributed by atoms with Gasteiger partial charge in [-0.15, -0.1) is 4.33 Å². The molecule has 6 N–H and O–H groups in total. The van der Waals surface area contributed by atoms with E-state index in [4.69, 9.17) is 11.0 Å². The first-order valence-electron chi connectivity index (χ1n) is 20.2. The van der Waals surface area contributed by atoms with E-state index >= 15 is 0 Å². The van der Waals surface area contributed by atoms with Crippen LogP contribution < -0.4 is 21.3 Å². The molecule has 0 aliphatic carbocycles. The maximum Gasteiger partial charge on any atom is 0.294 e. The molecule has 1 atom stereocenters. The highest BCUT2D eigenvalue weighted by atomic mass is 32.2. The second-order valence-corrected chi connectivity index (χ2v) is 19.4. The van der Waals surface area contributed by atoms with Gasteiger partial charge in [0, 0.05) is 90.5 Å². The molecule has 14 nitrogen and oxygen atoms in total. The molecular formula is C42H64N6O8S3+2. The van der Waals surface area contributed by atoms with E-state index < -0.39 is 21.6 Å². The normalized spacial score (nSPS) is 17.1. The van der Waals surface area contributed by atoms with Crippen LogP contribution in [0.15, 0.2) is 70.1 Å². The molecule has 1 unspecified atom stereocenters. The lowest BCUT2D eigenvalue weighted by Crippen LogP contribution is -2.45. The molecule has 0 saturated heterocycles. The average molecular weight is 877 g/mol. The fourth-order valence-electron chi connectivity index (χ4n) is 7.99. The third kappa shape index (κ3) is 12.4. The molecule has 2 amide bonds. The molecule has 2 aliphatic rings. The Morgan fingerprint density at radius 2 is 1.69 bits per heavy atom. The number of amides is 2. The third-order valence-electron chi connectivity index (χ3n) is 11.3. The number of anilines is 1. The van der Waals surface area contributed by atoms with Gasteiger partial charge >= 0.3 is 0 Å². The smallest absolute Gasteiger partial charge is 0.294 e. The van der Waals surface area contributed by atoms with Crippen LogP contribution >= 0.6 is 24.7 Å². The van der Waals surface area contributed by atoms with Crippen molar-refractivity contribution in [2.24, 2.45) is 5.73 Å². The molecule has 4 rings (SSSR count). The van der Waals surface area contributed by atoms with Crippen LogP contribution in [0.2, 0.25) is 0 Å². The highest BCUT2D eigenvalue weighted by Crippen LogP contribution is 2.49. The summed E-state index contributed by atoms with van der Waals surface area (Å²) in [6, 6.07) is 10.2. The second-order valence-electron chi connectivity index (χ2n) is 16.8. The number of nitrogens with zero attached hydrogens (tertiary/aromatic N) is 3. The molecule has 59 heavy (non-hydrogen) atoms. The van der Waals surface area contributed by atoms with E-state index in [1.165, 1.54) is 6.07 Å². The van der Waals surface area contributed by atoms with E-state index in [1.54, 1.807) is 12.1 Å². The standard InChI is InChI=1S/C42H62N6O8S3/c1-8-46-35-20-18-30(58-56-55-51)27-32(35)41(2,3)37(46)15-12-16-38-42(4,5)33-28-31(59(52,53)54)19-21-36(33)47(38)24-11-9-10-17-39(49)44-22-13-25-48(6,7)26-14-23-45-40(50)34(43)29-57/h12,15-16,18-21,27-28,34H,8-11,13-14,17,22-26,29,43H2,1-7H3,(H3-2,44,45,49,50,51,52,53,54,57)/p+2. The molecule has 17 heteroatoms. The first-order chi connectivity index (χ1) is 27.8. The lowest BCUT2D eigenvalue weighted by atomic mass is 9.81. The van der Waals surface area contributed by atoms with Crippen LogP contribution in [0.1, 0.15) is 84.3 Å². The van der Waals surface area contributed by atoms with Crippen molar-refractivity contribution >= 4 is 63.7 Å². The zero-order valence-corrected chi connectivity index (χ0v) is 38.0. The quantitative estimate of drug-likeness (QED) is 0.0114. The summed E-state index contributed by atoms with van der Waals surface area (Å²) in [4.78, 5) is 27.5. The summed E-state index contributed by atoms with van der Waals surface area (Å²) >= 11 is 4.99. The summed E-state index contributed by atoms with van der Waals surface area (Å²) < 4.78 is 41.9. The van der Waals surface area contributed by atoms with Gasteiger partial charge in [0.05, 0.1) is 55.6 Å². The number of likely N-dealkylation sites (N-methyl/N-ethyl adjacent to an activating group) is 1. The average Bonchev–Trinajstić information content (AvgIpc) is 3.53. The van der Waals surface area contributed by atoms with Gasteiger partial charge in [-0.05, 0) is 75.6 Å². The largest absolute Gasteiger partial charge is 0.356 e. The van der Waals surface area contributed by atoms with Gasteiger partial charge in [-0.2, -0.15) is 25.6 Å². The summed E-state index contributed by atoms with van der Waals surface area (Å²) in [5.41, 5.74) is 10.8. The van der Waals surface area contributed by atoms with Gasteiger partial charge in [-0.3, -0.25) is 14.1 Å². The Morgan fingerprint density at radius 1 is 1.00 bits per heavy atom. The number of hydrogen-bond acceptors (Lipinski definition) is 11. The van der Waals surface area contributed by atoms with Crippen LogP contribution in [0.3, 0.4) is 0 Å². The van der Waals surface area contributed by atoms with Crippen molar-refractivity contribution in [2.45, 2.75) is 99.8 Å². The van der Waals surface area contributed by atoms with Gasteiger partial charge in [0.1, 0.15) is 6.54 Å². The van der Waals surface area contributed by atoms with Crippen molar-refractivity contribution in [2.75, 3.05) is 64.0 Å². The molecule has 0 radical (unpaired) electrons. The van der Waals surface area contributed by atoms with E-state index in [-0.39, 0.29) is 22.1 Å². The predicted molar refractivity (Wildman–Crippen MR) is 237 cm³/mol. The van der Waals surface area contributed by atoms with Crippen LogP contribution in [0.25, 0.3) is 0 Å². The highest BCUT2D eigenvalue weighted by Gasteiger charge is 2.45. The zero-order valence-electron chi connectivity index (χ0n) is 35.5. The number of nitrogens with two attached hydrogens (primary N) is 1. The third-order valence-corrected chi connectivity index (χ3v) is 13.1. The van der Waals surface area contributed by atoms with Crippen LogP contribution in [0.5, 0.6) is 0 Å². The SMILES string of the molecule is CCN1/C(=C/C=C/C2=[N+](CCCCCC(=O)NCCC[N+](C)(C)CCCNC(=O)C(N)CS)c3ccc(S(=O)(=O)O)cc3C2(C)C)C(C)(C)c2cc(SOOO)ccc21. The number of nitrogens with one attached hydrogen (secondary N) is 2. The minimum atomic E-state index is -4.40. The second kappa shape index (κ2) is 21.0. The lowest BCUT2D eigenvalue weighted by molar-refractivity contribution is -0.890. The number of quaternary nitrogens is 1. The van der Waals surface area contributed by atoms with E-state index in [1.807, 2.05) is 18.2 Å². The van der Waals surface area contributed by atoms with Crippen LogP contribution in [0.4, 0.5) is 11.4 Å². The number of hydrogen-bond donors (Lipinski definition) is 6. The Bertz CT molecular complexity index is 2020. The van der Waals surface area contributed by atoms with Gasteiger partial charge in [0.25, 0.3) is 10.1 Å². The number of carbonyl (C=O) groups excluding carboxylic acids is 2. The molecule has 2 heterocycles. The molecular weight excluding hydrogens is 813 g/mol. The molecule has 0 spiro atoms. The molecule has 2 aromatic rings. The number of benzene rings is 2. The number of thiol groups is 1. The molecule has 2 aliphatic heterocycles. The maximum absolute atomic E-state index is 12.7. The summed E-state index contributed by atoms with van der Waals surface area (Å²) in [6.07, 6.45) is 10.8. The minimum absolute atomic E-state index is 0.0350. The topological polar surface area (TPSA) is 184 Å². The number of unbranched alkanes of at least 4 members (excludes halogenated alkanes) is 2. The highest BCUT2D eigenvalue weighted by molar-refractivity contribution is 7.94. The Morgan fingerprint density at radius 3 is 2.34 bits per heavy atom. The Hall–Kier alpha value is -3.26. The van der Waals surface area contributed by atoms with Gasteiger partial charge in [0.2, 0.25) is 17.5 Å². The first-order valence-corrected chi connectivity index (χ1v) is 23.1. The molecule has 326 valence electrons. The minimum Gasteiger partial charge on any atom is -0.356 e. The van der Waals surface area contributed by atoms with E-state index in [9.17, 15) is 22.6 Å². The van der Waals surface area contributed by atoms with Crippen molar-refractivity contribution in [1.82, 2.24) is 10.6 Å². The van der Waals surface area contributed by atoms with Crippen LogP contribution in [-0.2, 0) is 39.9 Å². The summed E-state index contributed by atoms with van der Waals surface area (Å²) in [7, 11) is -0.111. The molecule has 0 bridgehead atoms. The van der Waals surface area contributed by atoms with Crippen LogP contribution in [0, 0.1) is 0 Å². The summed E-state index contributed by atoms with van der Waals surface area (Å²) in [5, 5.41) is 18.4. The van der Waals surface area contributed by atoms with E-state index in [0.717, 1.165) is 107 Å². The number of rotatable bonds is 23. The zero-order chi connectivity index (χ0) is 43.6. The fraction of sp³-hybridized carbons (Fsp3) is 0.548.